The topological polar surface area (TPSA) is 12.9 Å². The predicted molar refractivity (Wildman–Crippen MR) is 95.0 cm³/mol. The molecule has 0 spiro atoms. The highest BCUT2D eigenvalue weighted by molar-refractivity contribution is 7.32. The number of rotatable bonds is 0. The van der Waals surface area contributed by atoms with E-state index in [-0.39, 0.29) is 0 Å². The zero-order valence-electron chi connectivity index (χ0n) is 10.8. The van der Waals surface area contributed by atoms with Crippen molar-refractivity contribution in [2.75, 3.05) is 0 Å². The SMILES string of the molecule is Clc1nc2ccc3ccccc3c2c2c1sc1ccsc12. The van der Waals surface area contributed by atoms with Gasteiger partial charge in [-0.25, -0.2) is 4.98 Å². The number of halogens is 1. The molecule has 0 radical (unpaired) electrons. The minimum Gasteiger partial charge on any atom is -0.235 e. The van der Waals surface area contributed by atoms with Crippen LogP contribution in [0.2, 0.25) is 5.15 Å². The quantitative estimate of drug-likeness (QED) is 0.235. The number of aromatic nitrogens is 1. The predicted octanol–water partition coefficient (Wildman–Crippen LogP) is 6.47. The van der Waals surface area contributed by atoms with Crippen LogP contribution in [0.25, 0.3) is 41.2 Å². The molecule has 1 nitrogen and oxygen atoms in total. The Morgan fingerprint density at radius 3 is 2.76 bits per heavy atom. The molecule has 0 bridgehead atoms. The smallest absolute Gasteiger partial charge is 0.147 e. The first-order valence-electron chi connectivity index (χ1n) is 6.59. The Hall–Kier alpha value is -1.68. The van der Waals surface area contributed by atoms with Gasteiger partial charge in [0.2, 0.25) is 0 Å². The van der Waals surface area contributed by atoms with E-state index in [4.69, 9.17) is 11.6 Å². The molecule has 0 fully saturated rings. The number of hydrogen-bond acceptors (Lipinski definition) is 3. The van der Waals surface area contributed by atoms with Gasteiger partial charge in [0.1, 0.15) is 5.15 Å². The van der Waals surface area contributed by atoms with Crippen LogP contribution in [-0.2, 0) is 0 Å². The minimum absolute atomic E-state index is 0.612. The van der Waals surface area contributed by atoms with Crippen molar-refractivity contribution < 1.29 is 0 Å². The van der Waals surface area contributed by atoms with Crippen molar-refractivity contribution in [1.29, 1.82) is 0 Å². The summed E-state index contributed by atoms with van der Waals surface area (Å²) < 4.78 is 3.71. The second-order valence-electron chi connectivity index (χ2n) is 5.00. The number of pyridine rings is 1. The third-order valence-corrected chi connectivity index (χ3v) is 6.47. The molecule has 0 aliphatic carbocycles. The molecule has 0 aliphatic heterocycles. The number of thiophene rings is 2. The van der Waals surface area contributed by atoms with E-state index in [1.54, 1.807) is 22.7 Å². The van der Waals surface area contributed by atoms with Crippen molar-refractivity contribution in [2.45, 2.75) is 0 Å². The molecule has 5 aromatic rings. The Labute approximate surface area is 133 Å². The molecule has 0 unspecified atom stereocenters. The van der Waals surface area contributed by atoms with Crippen molar-refractivity contribution in [1.82, 2.24) is 4.98 Å². The molecule has 0 aliphatic rings. The Balaban J connectivity index is 2.22. The van der Waals surface area contributed by atoms with E-state index in [1.807, 2.05) is 0 Å². The standard InChI is InChI=1S/C17H8ClNS2/c18-17-16-14(15-12(21-16)7-8-20-15)13-10-4-2-1-3-9(10)5-6-11(13)19-17/h1-8H. The van der Waals surface area contributed by atoms with Gasteiger partial charge in [-0.2, -0.15) is 0 Å². The molecule has 0 saturated heterocycles. The first-order chi connectivity index (χ1) is 10.3. The van der Waals surface area contributed by atoms with Gasteiger partial charge in [0.15, 0.2) is 0 Å². The van der Waals surface area contributed by atoms with Gasteiger partial charge < -0.3 is 0 Å². The number of benzene rings is 2. The summed E-state index contributed by atoms with van der Waals surface area (Å²) in [4.78, 5) is 4.61. The highest BCUT2D eigenvalue weighted by Gasteiger charge is 2.16. The molecule has 5 rings (SSSR count). The fourth-order valence-electron chi connectivity index (χ4n) is 2.97. The van der Waals surface area contributed by atoms with Gasteiger partial charge in [-0.3, -0.25) is 0 Å². The lowest BCUT2D eigenvalue weighted by Crippen LogP contribution is -1.83. The van der Waals surface area contributed by atoms with Crippen LogP contribution in [0.4, 0.5) is 0 Å². The third kappa shape index (κ3) is 1.54. The summed E-state index contributed by atoms with van der Waals surface area (Å²) in [5.41, 5.74) is 0.972. The van der Waals surface area contributed by atoms with E-state index >= 15 is 0 Å². The molecule has 4 heteroatoms. The summed E-state index contributed by atoms with van der Waals surface area (Å²) in [6.07, 6.45) is 0. The van der Waals surface area contributed by atoms with Crippen LogP contribution in [-0.4, -0.2) is 4.98 Å². The Bertz CT molecular complexity index is 1150. The van der Waals surface area contributed by atoms with Gasteiger partial charge in [0.25, 0.3) is 0 Å². The van der Waals surface area contributed by atoms with Crippen molar-refractivity contribution in [2.24, 2.45) is 0 Å². The van der Waals surface area contributed by atoms with Crippen LogP contribution in [0.1, 0.15) is 0 Å². The molecule has 2 aromatic carbocycles. The maximum atomic E-state index is 6.42. The van der Waals surface area contributed by atoms with Gasteiger partial charge in [-0.05, 0) is 28.3 Å². The number of nitrogens with zero attached hydrogens (tertiary/aromatic N) is 1. The Morgan fingerprint density at radius 2 is 1.81 bits per heavy atom. The number of fused-ring (bicyclic) bond motifs is 7. The molecule has 3 aromatic heterocycles. The van der Waals surface area contributed by atoms with Crippen LogP contribution < -0.4 is 0 Å². The molecule has 0 amide bonds. The van der Waals surface area contributed by atoms with Crippen LogP contribution in [0.5, 0.6) is 0 Å². The Morgan fingerprint density at radius 1 is 0.905 bits per heavy atom. The maximum Gasteiger partial charge on any atom is 0.147 e. The highest BCUT2D eigenvalue weighted by atomic mass is 35.5. The fourth-order valence-corrected chi connectivity index (χ4v) is 5.52. The molecule has 0 saturated carbocycles. The van der Waals surface area contributed by atoms with Gasteiger partial charge in [-0.15, -0.1) is 22.7 Å². The van der Waals surface area contributed by atoms with Crippen molar-refractivity contribution in [3.8, 4) is 0 Å². The van der Waals surface area contributed by atoms with E-state index in [9.17, 15) is 0 Å². The lowest BCUT2D eigenvalue weighted by atomic mass is 10.0. The minimum atomic E-state index is 0.612. The van der Waals surface area contributed by atoms with E-state index in [2.05, 4.69) is 52.8 Å². The summed E-state index contributed by atoms with van der Waals surface area (Å²) in [6, 6.07) is 14.8. The van der Waals surface area contributed by atoms with E-state index in [0.29, 0.717) is 5.15 Å². The summed E-state index contributed by atoms with van der Waals surface area (Å²) in [5.74, 6) is 0. The van der Waals surface area contributed by atoms with Crippen LogP contribution in [0.3, 0.4) is 0 Å². The van der Waals surface area contributed by atoms with E-state index < -0.39 is 0 Å². The molecular weight excluding hydrogens is 318 g/mol. The van der Waals surface area contributed by atoms with Crippen molar-refractivity contribution in [3.63, 3.8) is 0 Å². The molecule has 0 N–H and O–H groups in total. The van der Waals surface area contributed by atoms with E-state index in [1.165, 1.54) is 30.9 Å². The van der Waals surface area contributed by atoms with Gasteiger partial charge >= 0.3 is 0 Å². The monoisotopic (exact) mass is 325 g/mol. The molecular formula is C17H8ClNS2. The average Bonchev–Trinajstić information content (AvgIpc) is 3.08. The van der Waals surface area contributed by atoms with Crippen molar-refractivity contribution >= 4 is 75.4 Å². The third-order valence-electron chi connectivity index (χ3n) is 3.86. The van der Waals surface area contributed by atoms with Gasteiger partial charge in [-0.1, -0.05) is 41.9 Å². The van der Waals surface area contributed by atoms with E-state index in [0.717, 1.165) is 10.2 Å². The van der Waals surface area contributed by atoms with Crippen LogP contribution >= 0.6 is 34.3 Å². The fraction of sp³-hybridized carbons (Fsp3) is 0. The maximum absolute atomic E-state index is 6.42. The van der Waals surface area contributed by atoms with Crippen LogP contribution in [0.15, 0.2) is 47.8 Å². The second-order valence-corrected chi connectivity index (χ2v) is 7.33. The van der Waals surface area contributed by atoms with Gasteiger partial charge in [0.05, 0.1) is 14.9 Å². The summed E-state index contributed by atoms with van der Waals surface area (Å²) in [7, 11) is 0. The second kappa shape index (κ2) is 4.17. The molecule has 100 valence electrons. The summed E-state index contributed by atoms with van der Waals surface area (Å²) in [5, 5.41) is 7.73. The highest BCUT2D eigenvalue weighted by Crippen LogP contribution is 2.45. The largest absolute Gasteiger partial charge is 0.235 e. The molecule has 0 atom stereocenters. The first kappa shape index (κ1) is 11.9. The first-order valence-corrected chi connectivity index (χ1v) is 8.67. The van der Waals surface area contributed by atoms with Gasteiger partial charge in [0, 0.05) is 15.5 Å². The zero-order chi connectivity index (χ0) is 14.0. The van der Waals surface area contributed by atoms with Crippen LogP contribution in [0, 0.1) is 0 Å². The summed E-state index contributed by atoms with van der Waals surface area (Å²) in [6.45, 7) is 0. The zero-order valence-corrected chi connectivity index (χ0v) is 13.1. The molecule has 21 heavy (non-hydrogen) atoms. The Kier molecular flexibility index (Phi) is 2.37. The lowest BCUT2D eigenvalue weighted by Gasteiger charge is -2.06. The number of hydrogen-bond donors (Lipinski definition) is 0. The summed E-state index contributed by atoms with van der Waals surface area (Å²) >= 11 is 9.93. The molecule has 3 heterocycles. The normalized spacial score (nSPS) is 12.0. The van der Waals surface area contributed by atoms with Crippen molar-refractivity contribution in [3.05, 3.63) is 53.0 Å². The average molecular weight is 326 g/mol. The lowest BCUT2D eigenvalue weighted by molar-refractivity contribution is 1.46.